The zero-order chi connectivity index (χ0) is 18.7. The number of carbonyl (C=O) groups is 3. The molecule has 0 spiro atoms. The van der Waals surface area contributed by atoms with Crippen molar-refractivity contribution in [3.63, 3.8) is 0 Å². The summed E-state index contributed by atoms with van der Waals surface area (Å²) in [7, 11) is 0. The molecule has 8 heteroatoms. The Morgan fingerprint density at radius 2 is 2.19 bits per heavy atom. The van der Waals surface area contributed by atoms with Gasteiger partial charge < -0.3 is 9.64 Å². The van der Waals surface area contributed by atoms with Gasteiger partial charge in [-0.15, -0.1) is 11.3 Å². The Bertz CT molecular complexity index is 748. The highest BCUT2D eigenvalue weighted by Gasteiger charge is 2.39. The number of rotatable bonds is 6. The van der Waals surface area contributed by atoms with Crippen LogP contribution in [-0.4, -0.2) is 46.7 Å². The normalized spacial score (nSPS) is 21.6. The molecular formula is C18H21N3O4S. The topological polar surface area (TPSA) is 100 Å². The van der Waals surface area contributed by atoms with Gasteiger partial charge >= 0.3 is 5.97 Å². The maximum absolute atomic E-state index is 12.3. The molecule has 7 nitrogen and oxygen atoms in total. The fraction of sp³-hybridized carbons (Fsp3) is 0.611. The average molecular weight is 375 g/mol. The van der Waals surface area contributed by atoms with E-state index in [-0.39, 0.29) is 18.4 Å². The monoisotopic (exact) mass is 375 g/mol. The third-order valence-electron chi connectivity index (χ3n) is 4.95. The molecule has 1 saturated heterocycles. The van der Waals surface area contributed by atoms with E-state index in [0.717, 1.165) is 31.4 Å². The minimum Gasteiger partial charge on any atom is -0.457 e. The summed E-state index contributed by atoms with van der Waals surface area (Å²) in [4.78, 5) is 42.6. The Kier molecular flexibility index (Phi) is 5.67. The smallest absolute Gasteiger partial charge is 0.311 e. The Labute approximate surface area is 156 Å². The molecule has 1 saturated carbocycles. The van der Waals surface area contributed by atoms with Gasteiger partial charge in [0.05, 0.1) is 12.0 Å². The van der Waals surface area contributed by atoms with Gasteiger partial charge in [0.25, 0.3) is 0 Å². The van der Waals surface area contributed by atoms with E-state index in [1.54, 1.807) is 17.2 Å². The molecule has 26 heavy (non-hydrogen) atoms. The maximum Gasteiger partial charge on any atom is 0.311 e. The highest BCUT2D eigenvalue weighted by molar-refractivity contribution is 7.09. The number of ketones is 1. The summed E-state index contributed by atoms with van der Waals surface area (Å²) < 4.78 is 5.12. The fourth-order valence-electron chi connectivity index (χ4n) is 3.57. The second kappa shape index (κ2) is 7.96. The van der Waals surface area contributed by atoms with Crippen molar-refractivity contribution in [2.45, 2.75) is 51.0 Å². The van der Waals surface area contributed by atoms with Gasteiger partial charge in [0.1, 0.15) is 5.01 Å². The molecule has 138 valence electrons. The van der Waals surface area contributed by atoms with Gasteiger partial charge in [-0.05, 0) is 19.8 Å². The van der Waals surface area contributed by atoms with Crippen molar-refractivity contribution in [1.82, 2.24) is 9.88 Å². The molecular weight excluding hydrogens is 354 g/mol. The number of aryl methyl sites for hydroxylation is 1. The number of nitrogens with zero attached hydrogens (tertiary/aromatic N) is 3. The minimum atomic E-state index is -1.03. The summed E-state index contributed by atoms with van der Waals surface area (Å²) in [6, 6.07) is 2.15. The third kappa shape index (κ3) is 3.93. The first-order valence-electron chi connectivity index (χ1n) is 8.80. The predicted molar refractivity (Wildman–Crippen MR) is 93.2 cm³/mol. The van der Waals surface area contributed by atoms with Gasteiger partial charge in [-0.1, -0.05) is 12.8 Å². The lowest BCUT2D eigenvalue weighted by Gasteiger charge is -2.23. The molecule has 0 unspecified atom stereocenters. The van der Waals surface area contributed by atoms with Gasteiger partial charge in [-0.25, -0.2) is 4.98 Å². The summed E-state index contributed by atoms with van der Waals surface area (Å²) in [5.41, 5.74) is 0.742. The second-order valence-corrected chi connectivity index (χ2v) is 7.74. The van der Waals surface area contributed by atoms with Crippen LogP contribution in [0.4, 0.5) is 0 Å². The number of carbonyl (C=O) groups excluding carboxylic acids is 3. The lowest BCUT2D eigenvalue weighted by atomic mass is 10.1. The van der Waals surface area contributed by atoms with Crippen LogP contribution in [0.25, 0.3) is 0 Å². The van der Waals surface area contributed by atoms with Crippen LogP contribution in [0.15, 0.2) is 5.38 Å². The number of ether oxygens (including phenoxy) is 1. The number of hydrogen-bond donors (Lipinski definition) is 0. The number of amides is 1. The van der Waals surface area contributed by atoms with Crippen molar-refractivity contribution in [2.75, 3.05) is 13.2 Å². The van der Waals surface area contributed by atoms with Crippen LogP contribution in [-0.2, 0) is 19.1 Å². The second-order valence-electron chi connectivity index (χ2n) is 6.85. The summed E-state index contributed by atoms with van der Waals surface area (Å²) in [6.45, 7) is 1.68. The van der Waals surface area contributed by atoms with Crippen molar-refractivity contribution in [3.8, 4) is 6.07 Å². The molecule has 0 aromatic carbocycles. The standard InChI is InChI=1S/C18H21N3O4S/c1-11-10-26-17(20-11)14(7-19)15(22)9-25-18(24)12-6-16(23)21(8-12)13-4-2-3-5-13/h10,12-14H,2-6,8-9H2,1H3/t12-,14-/m1/s1. The summed E-state index contributed by atoms with van der Waals surface area (Å²) >= 11 is 1.24. The first kappa shape index (κ1) is 18.5. The summed E-state index contributed by atoms with van der Waals surface area (Å²) in [6.07, 6.45) is 4.34. The number of aromatic nitrogens is 1. The van der Waals surface area contributed by atoms with Crippen LogP contribution in [0.2, 0.25) is 0 Å². The maximum atomic E-state index is 12.3. The SMILES string of the molecule is Cc1csc([C@H](C#N)C(=O)COC(=O)[C@@H]2CC(=O)N(C3CCCC3)C2)n1. The molecule has 2 heterocycles. The number of esters is 1. The molecule has 2 aliphatic rings. The molecule has 1 aliphatic carbocycles. The van der Waals surface area contributed by atoms with Crippen molar-refractivity contribution in [2.24, 2.45) is 5.92 Å². The first-order valence-corrected chi connectivity index (χ1v) is 9.68. The summed E-state index contributed by atoms with van der Waals surface area (Å²) in [5.74, 6) is -2.61. The van der Waals surface area contributed by atoms with Crippen LogP contribution in [0.1, 0.15) is 48.7 Å². The highest BCUT2D eigenvalue weighted by atomic mass is 32.1. The Balaban J connectivity index is 1.53. The minimum absolute atomic E-state index is 0.0154. The quantitative estimate of drug-likeness (QED) is 0.705. The first-order chi connectivity index (χ1) is 12.5. The Morgan fingerprint density at radius 3 is 2.81 bits per heavy atom. The van der Waals surface area contributed by atoms with Crippen LogP contribution in [0, 0.1) is 24.2 Å². The lowest BCUT2D eigenvalue weighted by molar-refractivity contribution is -0.152. The van der Waals surface area contributed by atoms with Gasteiger partial charge in [-0.3, -0.25) is 14.4 Å². The van der Waals surface area contributed by atoms with Crippen molar-refractivity contribution in [3.05, 3.63) is 16.1 Å². The molecule has 0 N–H and O–H groups in total. The van der Waals surface area contributed by atoms with Gasteiger partial charge in [0, 0.05) is 30.1 Å². The zero-order valence-electron chi connectivity index (χ0n) is 14.6. The van der Waals surface area contributed by atoms with Crippen LogP contribution in [0.5, 0.6) is 0 Å². The molecule has 1 aliphatic heterocycles. The highest BCUT2D eigenvalue weighted by Crippen LogP contribution is 2.30. The van der Waals surface area contributed by atoms with Crippen LogP contribution < -0.4 is 0 Å². The fourth-order valence-corrected chi connectivity index (χ4v) is 4.43. The van der Waals surface area contributed by atoms with E-state index in [9.17, 15) is 19.6 Å². The molecule has 2 fully saturated rings. The van der Waals surface area contributed by atoms with Crippen molar-refractivity contribution in [1.29, 1.82) is 5.26 Å². The zero-order valence-corrected chi connectivity index (χ0v) is 15.5. The molecule has 2 atom stereocenters. The number of nitriles is 1. The van der Waals surface area contributed by atoms with Crippen LogP contribution in [0.3, 0.4) is 0 Å². The van der Waals surface area contributed by atoms with Crippen molar-refractivity contribution < 1.29 is 19.1 Å². The average Bonchev–Trinajstić information content (AvgIpc) is 3.34. The molecule has 0 radical (unpaired) electrons. The van der Waals surface area contributed by atoms with E-state index < -0.39 is 30.2 Å². The molecule has 1 amide bonds. The number of hydrogen-bond acceptors (Lipinski definition) is 7. The third-order valence-corrected chi connectivity index (χ3v) is 5.98. The van der Waals surface area contributed by atoms with E-state index in [2.05, 4.69) is 4.98 Å². The largest absolute Gasteiger partial charge is 0.457 e. The Morgan fingerprint density at radius 1 is 1.46 bits per heavy atom. The molecule has 1 aromatic heterocycles. The van der Waals surface area contributed by atoms with E-state index in [4.69, 9.17) is 4.74 Å². The van der Waals surface area contributed by atoms with E-state index >= 15 is 0 Å². The molecule has 1 aromatic rings. The summed E-state index contributed by atoms with van der Waals surface area (Å²) in [5, 5.41) is 11.4. The van der Waals surface area contributed by atoms with Gasteiger partial charge in [0.15, 0.2) is 18.3 Å². The number of Topliss-reactive ketones (excluding diaryl/α,β-unsaturated/α-hetero) is 1. The number of likely N-dealkylation sites (tertiary alicyclic amines) is 1. The van der Waals surface area contributed by atoms with E-state index in [0.29, 0.717) is 11.6 Å². The molecule has 3 rings (SSSR count). The van der Waals surface area contributed by atoms with Gasteiger partial charge in [-0.2, -0.15) is 5.26 Å². The van der Waals surface area contributed by atoms with Crippen LogP contribution >= 0.6 is 11.3 Å². The van der Waals surface area contributed by atoms with Gasteiger partial charge in [0.2, 0.25) is 5.91 Å². The Hall–Kier alpha value is -2.27. The lowest BCUT2D eigenvalue weighted by Crippen LogP contribution is -2.35. The predicted octanol–water partition coefficient (Wildman–Crippen LogP) is 1.96. The number of thiazole rings is 1. The molecule has 0 bridgehead atoms. The van der Waals surface area contributed by atoms with E-state index in [1.165, 1.54) is 11.3 Å². The van der Waals surface area contributed by atoms with E-state index in [1.807, 2.05) is 6.07 Å². The van der Waals surface area contributed by atoms with Crippen molar-refractivity contribution >= 4 is 29.0 Å².